The third-order valence-corrected chi connectivity index (χ3v) is 5.20. The number of carbonyl (C=O) groups excluding carboxylic acids is 4. The molecule has 1 aliphatic carbocycles. The van der Waals surface area contributed by atoms with Crippen molar-refractivity contribution in [3.63, 3.8) is 0 Å². The monoisotopic (exact) mass is 464 g/mol. The quantitative estimate of drug-likeness (QED) is 0.513. The Bertz CT molecular complexity index is 863. The number of likely N-dealkylation sites (N-methyl/N-ethyl adjacent to an activating group) is 1. The van der Waals surface area contributed by atoms with Gasteiger partial charge in [-0.1, -0.05) is 29.8 Å². The van der Waals surface area contributed by atoms with Crippen molar-refractivity contribution in [1.29, 1.82) is 0 Å². The third kappa shape index (κ3) is 5.66. The molecular weight excluding hydrogens is 445 g/mol. The van der Waals surface area contributed by atoms with Crippen molar-refractivity contribution in [1.82, 2.24) is 10.2 Å². The van der Waals surface area contributed by atoms with Crippen molar-refractivity contribution in [2.45, 2.75) is 37.4 Å². The van der Waals surface area contributed by atoms with Gasteiger partial charge in [-0.15, -0.1) is 0 Å². The van der Waals surface area contributed by atoms with Crippen LogP contribution >= 0.6 is 11.6 Å². The van der Waals surface area contributed by atoms with E-state index >= 15 is 0 Å². The standard InChI is InChI=1S/C19H20ClF3N2O6/c1-25(17(29)31-11-30-15(27)10-24-16(28)19(21,22)23)18(9-5-4-8-14(18)26)12-6-2-3-7-13(12)20/h2-3,6-7H,4-5,8-11H2,1H3,(H,24,28)/t18-/m0/s1. The molecule has 0 saturated heterocycles. The van der Waals surface area contributed by atoms with Crippen LogP contribution in [0, 0.1) is 0 Å². The number of rotatable bonds is 6. The van der Waals surface area contributed by atoms with Crippen LogP contribution in [0.25, 0.3) is 0 Å². The summed E-state index contributed by atoms with van der Waals surface area (Å²) in [6.07, 6.45) is -4.28. The lowest BCUT2D eigenvalue weighted by Gasteiger charge is -2.43. The van der Waals surface area contributed by atoms with Gasteiger partial charge in [0.1, 0.15) is 12.1 Å². The number of ketones is 1. The lowest BCUT2D eigenvalue weighted by atomic mass is 9.74. The molecule has 1 aromatic carbocycles. The maximum absolute atomic E-state index is 12.9. The molecule has 0 heterocycles. The van der Waals surface area contributed by atoms with Crippen LogP contribution in [0.1, 0.15) is 31.2 Å². The molecule has 0 aromatic heterocycles. The molecule has 31 heavy (non-hydrogen) atoms. The molecule has 1 saturated carbocycles. The predicted molar refractivity (Wildman–Crippen MR) is 101 cm³/mol. The van der Waals surface area contributed by atoms with E-state index in [-0.39, 0.29) is 12.2 Å². The minimum Gasteiger partial charge on any atom is -0.426 e. The molecule has 1 aliphatic rings. The Kier molecular flexibility index (Phi) is 7.88. The summed E-state index contributed by atoms with van der Waals surface area (Å²) < 4.78 is 45.6. The fraction of sp³-hybridized carbons (Fsp3) is 0.474. The second-order valence-corrected chi connectivity index (χ2v) is 7.16. The van der Waals surface area contributed by atoms with Crippen molar-refractivity contribution >= 4 is 35.4 Å². The fourth-order valence-electron chi connectivity index (χ4n) is 3.33. The van der Waals surface area contributed by atoms with Gasteiger partial charge in [0.15, 0.2) is 5.78 Å². The van der Waals surface area contributed by atoms with E-state index in [9.17, 15) is 32.3 Å². The SMILES string of the molecule is CN(C(=O)OCOC(=O)CNC(=O)C(F)(F)F)[C@]1(c2ccccc2Cl)CCCCC1=O. The van der Waals surface area contributed by atoms with Gasteiger partial charge in [0.05, 0.1) is 0 Å². The second kappa shape index (κ2) is 9.99. The van der Waals surface area contributed by atoms with Crippen molar-refractivity contribution < 1.29 is 41.8 Å². The number of Topliss-reactive ketones (excluding diaryl/α,β-unsaturated/α-hetero) is 1. The molecule has 170 valence electrons. The van der Waals surface area contributed by atoms with Gasteiger partial charge in [0.25, 0.3) is 0 Å². The maximum atomic E-state index is 12.9. The number of carbonyl (C=O) groups is 4. The van der Waals surface area contributed by atoms with Crippen molar-refractivity contribution in [3.8, 4) is 0 Å². The number of benzene rings is 1. The van der Waals surface area contributed by atoms with Crippen LogP contribution in [0.2, 0.25) is 5.02 Å². The number of alkyl halides is 3. The minimum atomic E-state index is -5.14. The van der Waals surface area contributed by atoms with E-state index in [4.69, 9.17) is 16.3 Å². The van der Waals surface area contributed by atoms with E-state index in [2.05, 4.69) is 4.74 Å². The van der Waals surface area contributed by atoms with Crippen LogP contribution in [-0.2, 0) is 29.4 Å². The summed E-state index contributed by atoms with van der Waals surface area (Å²) in [6.45, 7) is -1.98. The lowest BCUT2D eigenvalue weighted by molar-refractivity contribution is -0.175. The molecule has 1 N–H and O–H groups in total. The van der Waals surface area contributed by atoms with Crippen LogP contribution in [0.15, 0.2) is 24.3 Å². The summed E-state index contributed by atoms with van der Waals surface area (Å²) in [7, 11) is 1.35. The van der Waals surface area contributed by atoms with Crippen molar-refractivity contribution in [2.24, 2.45) is 0 Å². The van der Waals surface area contributed by atoms with Gasteiger partial charge in [-0.05, 0) is 25.3 Å². The number of hydrogen-bond acceptors (Lipinski definition) is 6. The second-order valence-electron chi connectivity index (χ2n) is 6.75. The summed E-state index contributed by atoms with van der Waals surface area (Å²) >= 11 is 6.28. The van der Waals surface area contributed by atoms with Gasteiger partial charge in [-0.25, -0.2) is 4.79 Å². The molecule has 1 fully saturated rings. The van der Waals surface area contributed by atoms with Gasteiger partial charge in [0, 0.05) is 24.1 Å². The molecule has 8 nitrogen and oxygen atoms in total. The molecule has 0 aliphatic heterocycles. The van der Waals surface area contributed by atoms with Gasteiger partial charge in [0.2, 0.25) is 6.79 Å². The number of hydrogen-bond donors (Lipinski definition) is 1. The molecule has 2 amide bonds. The van der Waals surface area contributed by atoms with Crippen molar-refractivity contribution in [3.05, 3.63) is 34.9 Å². The van der Waals surface area contributed by atoms with E-state index in [1.807, 2.05) is 0 Å². The van der Waals surface area contributed by atoms with Crippen molar-refractivity contribution in [2.75, 3.05) is 20.4 Å². The normalized spacial score (nSPS) is 18.8. The maximum Gasteiger partial charge on any atom is 0.471 e. The van der Waals surface area contributed by atoms with Crippen LogP contribution in [0.4, 0.5) is 18.0 Å². The average molecular weight is 465 g/mol. The first kappa shape index (κ1) is 24.4. The largest absolute Gasteiger partial charge is 0.471 e. The Morgan fingerprint density at radius 1 is 1.19 bits per heavy atom. The number of nitrogens with one attached hydrogen (secondary N) is 1. The smallest absolute Gasteiger partial charge is 0.426 e. The molecule has 0 unspecified atom stereocenters. The number of nitrogens with zero attached hydrogens (tertiary/aromatic N) is 1. The van der Waals surface area contributed by atoms with Gasteiger partial charge in [-0.3, -0.25) is 19.3 Å². The first-order valence-electron chi connectivity index (χ1n) is 9.19. The molecular formula is C19H20ClF3N2O6. The highest BCUT2D eigenvalue weighted by Gasteiger charge is 2.48. The minimum absolute atomic E-state index is 0.224. The number of esters is 1. The number of ether oxygens (including phenoxy) is 2. The zero-order chi connectivity index (χ0) is 23.2. The molecule has 0 radical (unpaired) electrons. The highest BCUT2D eigenvalue weighted by atomic mass is 35.5. The van der Waals surface area contributed by atoms with E-state index < -0.39 is 43.0 Å². The van der Waals surface area contributed by atoms with E-state index in [0.717, 1.165) is 4.90 Å². The Morgan fingerprint density at radius 2 is 1.87 bits per heavy atom. The number of amides is 2. The Balaban J connectivity index is 2.01. The van der Waals surface area contributed by atoms with Crippen LogP contribution in [0.3, 0.4) is 0 Å². The Labute approximate surface area is 180 Å². The zero-order valence-corrected chi connectivity index (χ0v) is 17.2. The summed E-state index contributed by atoms with van der Waals surface area (Å²) in [5.74, 6) is -3.78. The molecule has 0 bridgehead atoms. The van der Waals surface area contributed by atoms with Crippen LogP contribution in [0.5, 0.6) is 0 Å². The Morgan fingerprint density at radius 3 is 2.48 bits per heavy atom. The summed E-state index contributed by atoms with van der Waals surface area (Å²) in [4.78, 5) is 48.6. The summed E-state index contributed by atoms with van der Waals surface area (Å²) in [5, 5.41) is 1.62. The first-order valence-corrected chi connectivity index (χ1v) is 9.57. The first-order chi connectivity index (χ1) is 14.5. The third-order valence-electron chi connectivity index (χ3n) is 4.87. The highest BCUT2D eigenvalue weighted by molar-refractivity contribution is 6.31. The van der Waals surface area contributed by atoms with E-state index in [0.29, 0.717) is 29.8 Å². The summed E-state index contributed by atoms with van der Waals surface area (Å²) in [6, 6.07) is 6.60. The molecule has 0 spiro atoms. The molecule has 12 heteroatoms. The van der Waals surface area contributed by atoms with E-state index in [1.165, 1.54) is 12.4 Å². The van der Waals surface area contributed by atoms with E-state index in [1.54, 1.807) is 24.3 Å². The van der Waals surface area contributed by atoms with Gasteiger partial charge < -0.3 is 14.8 Å². The summed E-state index contributed by atoms with van der Waals surface area (Å²) in [5.41, 5.74) is -0.925. The van der Waals surface area contributed by atoms with Crippen LogP contribution < -0.4 is 5.32 Å². The molecule has 2 rings (SSSR count). The molecule has 1 aromatic rings. The average Bonchev–Trinajstić information content (AvgIpc) is 2.71. The topological polar surface area (TPSA) is 102 Å². The molecule has 1 atom stereocenters. The van der Waals surface area contributed by atoms with Gasteiger partial charge >= 0.3 is 24.1 Å². The lowest BCUT2D eigenvalue weighted by Crippen LogP contribution is -2.54. The fourth-order valence-corrected chi connectivity index (χ4v) is 3.62. The predicted octanol–water partition coefficient (Wildman–Crippen LogP) is 2.93. The Hall–Kier alpha value is -2.82. The van der Waals surface area contributed by atoms with Crippen LogP contribution in [-0.4, -0.2) is 55.2 Å². The number of halogens is 4. The van der Waals surface area contributed by atoms with Gasteiger partial charge in [-0.2, -0.15) is 13.2 Å². The highest BCUT2D eigenvalue weighted by Crippen LogP contribution is 2.42. The zero-order valence-electron chi connectivity index (χ0n) is 16.5.